The molecule has 0 aliphatic carbocycles. The average Bonchev–Trinajstić information content (AvgIpc) is 3.10. The summed E-state index contributed by atoms with van der Waals surface area (Å²) < 4.78 is 0. The zero-order chi connectivity index (χ0) is 17.5. The molecule has 4 nitrogen and oxygen atoms in total. The highest BCUT2D eigenvalue weighted by molar-refractivity contribution is 7.99. The van der Waals surface area contributed by atoms with Crippen molar-refractivity contribution in [3.63, 3.8) is 0 Å². The van der Waals surface area contributed by atoms with Crippen LogP contribution in [0.4, 0.5) is 0 Å². The molecule has 1 amide bonds. The molecule has 1 heterocycles. The molecule has 2 N–H and O–H groups in total. The largest absolute Gasteiger partial charge is 0.344 e. The van der Waals surface area contributed by atoms with Crippen molar-refractivity contribution < 1.29 is 4.79 Å². The third kappa shape index (κ3) is 4.31. The van der Waals surface area contributed by atoms with Crippen molar-refractivity contribution in [2.75, 3.05) is 12.3 Å². The van der Waals surface area contributed by atoms with Gasteiger partial charge in [0.1, 0.15) is 0 Å². The molecule has 2 aromatic carbocycles. The predicted octanol–water partition coefficient (Wildman–Crippen LogP) is 3.59. The van der Waals surface area contributed by atoms with Gasteiger partial charge in [-0.15, -0.1) is 6.42 Å². The SMILES string of the molecule is C#CCNC(=O)CSc1nc(-c2ccccc2)c(-c2ccccc2)[nH]1. The first-order valence-corrected chi connectivity index (χ1v) is 8.80. The molecule has 0 bridgehead atoms. The highest BCUT2D eigenvalue weighted by Gasteiger charge is 2.15. The first-order chi connectivity index (χ1) is 12.3. The number of thioether (sulfide) groups is 1. The summed E-state index contributed by atoms with van der Waals surface area (Å²) in [6, 6.07) is 20.0. The summed E-state index contributed by atoms with van der Waals surface area (Å²) in [4.78, 5) is 19.8. The Hall–Kier alpha value is -2.97. The molecule has 5 heteroatoms. The smallest absolute Gasteiger partial charge is 0.231 e. The summed E-state index contributed by atoms with van der Waals surface area (Å²) in [5.74, 6) is 2.54. The van der Waals surface area contributed by atoms with Crippen LogP contribution in [0.5, 0.6) is 0 Å². The topological polar surface area (TPSA) is 57.8 Å². The Bertz CT molecular complexity index is 825. The van der Waals surface area contributed by atoms with E-state index in [1.807, 2.05) is 60.7 Å². The van der Waals surface area contributed by atoms with Crippen LogP contribution in [0, 0.1) is 12.3 Å². The lowest BCUT2D eigenvalue weighted by Crippen LogP contribution is -2.25. The highest BCUT2D eigenvalue weighted by atomic mass is 32.2. The van der Waals surface area contributed by atoms with Gasteiger partial charge in [-0.05, 0) is 0 Å². The van der Waals surface area contributed by atoms with Crippen molar-refractivity contribution in [3.8, 4) is 34.9 Å². The summed E-state index contributed by atoms with van der Waals surface area (Å²) in [6.45, 7) is 0.238. The second-order valence-electron chi connectivity index (χ2n) is 5.27. The minimum atomic E-state index is -0.109. The van der Waals surface area contributed by atoms with E-state index in [4.69, 9.17) is 11.4 Å². The first kappa shape index (κ1) is 16.9. The fourth-order valence-corrected chi connectivity index (χ4v) is 3.07. The molecule has 3 rings (SSSR count). The number of carbonyl (C=O) groups is 1. The molecule has 0 aliphatic heterocycles. The molecule has 0 saturated heterocycles. The number of benzene rings is 2. The Kier molecular flexibility index (Phi) is 5.55. The van der Waals surface area contributed by atoms with Crippen LogP contribution in [-0.4, -0.2) is 28.2 Å². The van der Waals surface area contributed by atoms with E-state index in [2.05, 4.69) is 16.2 Å². The van der Waals surface area contributed by atoms with E-state index in [-0.39, 0.29) is 18.2 Å². The van der Waals surface area contributed by atoms with E-state index < -0.39 is 0 Å². The molecular weight excluding hydrogens is 330 g/mol. The number of H-pyrrole nitrogens is 1. The summed E-state index contributed by atoms with van der Waals surface area (Å²) in [5.41, 5.74) is 3.90. The third-order valence-electron chi connectivity index (χ3n) is 3.52. The Morgan fingerprint density at radius 3 is 2.36 bits per heavy atom. The fourth-order valence-electron chi connectivity index (χ4n) is 2.37. The van der Waals surface area contributed by atoms with E-state index in [0.29, 0.717) is 5.16 Å². The average molecular weight is 347 g/mol. The zero-order valence-electron chi connectivity index (χ0n) is 13.5. The first-order valence-electron chi connectivity index (χ1n) is 7.81. The van der Waals surface area contributed by atoms with Gasteiger partial charge >= 0.3 is 0 Å². The number of hydrogen-bond acceptors (Lipinski definition) is 3. The summed E-state index contributed by atoms with van der Waals surface area (Å²) in [7, 11) is 0. The number of terminal acetylenes is 1. The maximum absolute atomic E-state index is 11.7. The lowest BCUT2D eigenvalue weighted by molar-refractivity contribution is -0.118. The maximum atomic E-state index is 11.7. The molecule has 0 atom stereocenters. The number of nitrogens with one attached hydrogen (secondary N) is 2. The monoisotopic (exact) mass is 347 g/mol. The van der Waals surface area contributed by atoms with E-state index in [1.165, 1.54) is 11.8 Å². The lowest BCUT2D eigenvalue weighted by Gasteiger charge is -2.02. The number of aromatic amines is 1. The molecule has 0 spiro atoms. The Balaban J connectivity index is 1.88. The van der Waals surface area contributed by atoms with Gasteiger partial charge in [-0.2, -0.15) is 0 Å². The van der Waals surface area contributed by atoms with Crippen molar-refractivity contribution in [2.45, 2.75) is 5.16 Å². The Labute approximate surface area is 151 Å². The van der Waals surface area contributed by atoms with Gasteiger partial charge in [0.2, 0.25) is 5.91 Å². The van der Waals surface area contributed by atoms with Crippen molar-refractivity contribution in [1.82, 2.24) is 15.3 Å². The van der Waals surface area contributed by atoms with Gasteiger partial charge in [-0.3, -0.25) is 4.79 Å². The Morgan fingerprint density at radius 1 is 1.08 bits per heavy atom. The van der Waals surface area contributed by atoms with Gasteiger partial charge in [0.15, 0.2) is 5.16 Å². The third-order valence-corrected chi connectivity index (χ3v) is 4.39. The normalized spacial score (nSPS) is 10.2. The number of amides is 1. The lowest BCUT2D eigenvalue weighted by atomic mass is 10.1. The van der Waals surface area contributed by atoms with Crippen LogP contribution in [0.25, 0.3) is 22.5 Å². The minimum Gasteiger partial charge on any atom is -0.344 e. The van der Waals surface area contributed by atoms with Crippen LogP contribution in [0.15, 0.2) is 65.8 Å². The quantitative estimate of drug-likeness (QED) is 0.529. The molecule has 0 aliphatic rings. The summed E-state index contributed by atoms with van der Waals surface area (Å²) in [5, 5.41) is 3.35. The molecule has 124 valence electrons. The number of hydrogen-bond donors (Lipinski definition) is 2. The second-order valence-corrected chi connectivity index (χ2v) is 6.23. The maximum Gasteiger partial charge on any atom is 0.231 e. The van der Waals surface area contributed by atoms with E-state index in [1.54, 1.807) is 0 Å². The Morgan fingerprint density at radius 2 is 1.72 bits per heavy atom. The number of imidazole rings is 1. The summed E-state index contributed by atoms with van der Waals surface area (Å²) in [6.07, 6.45) is 5.15. The standard InChI is InChI=1S/C20H17N3OS/c1-2-13-21-17(24)14-25-20-22-18(15-9-5-3-6-10-15)19(23-20)16-11-7-4-8-12-16/h1,3-12H,13-14H2,(H,21,24)(H,22,23). The summed E-state index contributed by atoms with van der Waals surface area (Å²) >= 11 is 1.36. The van der Waals surface area contributed by atoms with Crippen LogP contribution < -0.4 is 5.32 Å². The molecule has 0 saturated carbocycles. The van der Waals surface area contributed by atoms with Crippen molar-refractivity contribution in [3.05, 3.63) is 60.7 Å². The number of rotatable bonds is 6. The second kappa shape index (κ2) is 8.22. The molecule has 0 radical (unpaired) electrons. The van der Waals surface area contributed by atoms with Crippen LogP contribution in [-0.2, 0) is 4.79 Å². The van der Waals surface area contributed by atoms with Gasteiger partial charge in [-0.25, -0.2) is 4.98 Å². The van der Waals surface area contributed by atoms with Gasteiger partial charge in [0.05, 0.1) is 23.7 Å². The van der Waals surface area contributed by atoms with E-state index >= 15 is 0 Å². The van der Waals surface area contributed by atoms with Gasteiger partial charge in [-0.1, -0.05) is 78.3 Å². The van der Waals surface area contributed by atoms with Crippen LogP contribution >= 0.6 is 11.8 Å². The van der Waals surface area contributed by atoms with Gasteiger partial charge < -0.3 is 10.3 Å². The van der Waals surface area contributed by atoms with Crippen LogP contribution in [0.2, 0.25) is 0 Å². The molecular formula is C20H17N3OS. The van der Waals surface area contributed by atoms with E-state index in [9.17, 15) is 4.79 Å². The fraction of sp³-hybridized carbons (Fsp3) is 0.100. The van der Waals surface area contributed by atoms with Crippen molar-refractivity contribution in [1.29, 1.82) is 0 Å². The predicted molar refractivity (Wildman–Crippen MR) is 102 cm³/mol. The molecule has 25 heavy (non-hydrogen) atoms. The number of nitrogens with zero attached hydrogens (tertiary/aromatic N) is 1. The van der Waals surface area contributed by atoms with Crippen molar-refractivity contribution in [2.24, 2.45) is 0 Å². The van der Waals surface area contributed by atoms with Crippen LogP contribution in [0.1, 0.15) is 0 Å². The van der Waals surface area contributed by atoms with Crippen molar-refractivity contribution >= 4 is 17.7 Å². The molecule has 0 fully saturated rings. The van der Waals surface area contributed by atoms with Gasteiger partial charge in [0.25, 0.3) is 0 Å². The molecule has 0 unspecified atom stereocenters. The number of aromatic nitrogens is 2. The number of carbonyl (C=O) groups excluding carboxylic acids is 1. The molecule has 3 aromatic rings. The van der Waals surface area contributed by atoms with Crippen LogP contribution in [0.3, 0.4) is 0 Å². The molecule has 1 aromatic heterocycles. The van der Waals surface area contributed by atoms with E-state index in [0.717, 1.165) is 22.5 Å². The minimum absolute atomic E-state index is 0.109. The van der Waals surface area contributed by atoms with Gasteiger partial charge in [0, 0.05) is 11.1 Å². The highest BCUT2D eigenvalue weighted by Crippen LogP contribution is 2.32. The zero-order valence-corrected chi connectivity index (χ0v) is 14.3.